The molecule has 2 N–H and O–H groups in total. The van der Waals surface area contributed by atoms with Crippen LogP contribution in [-0.4, -0.2) is 49.3 Å². The maximum Gasteiger partial charge on any atom is 0.319 e. The number of ether oxygens (including phenoxy) is 1. The van der Waals surface area contributed by atoms with Crippen molar-refractivity contribution in [2.45, 2.75) is 25.0 Å². The lowest BCUT2D eigenvalue weighted by atomic mass is 10.2. The Morgan fingerprint density at radius 3 is 3.27 bits per heavy atom. The monoisotopic (exact) mass is 300 g/mol. The van der Waals surface area contributed by atoms with Gasteiger partial charge in [-0.25, -0.2) is 4.79 Å². The van der Waals surface area contributed by atoms with Crippen molar-refractivity contribution in [1.82, 2.24) is 10.2 Å². The Morgan fingerprint density at radius 1 is 1.50 bits per heavy atom. The SMILES string of the molecule is N#Cc1cccc(NC(=O)NC[C@H]2CN3CCC[C@@H]3CO2)c1. The number of amides is 2. The third-order valence-electron chi connectivity index (χ3n) is 4.20. The van der Waals surface area contributed by atoms with E-state index >= 15 is 0 Å². The van der Waals surface area contributed by atoms with Crippen LogP contribution in [0.25, 0.3) is 0 Å². The van der Waals surface area contributed by atoms with E-state index in [-0.39, 0.29) is 12.1 Å². The fraction of sp³-hybridized carbons (Fsp3) is 0.500. The molecule has 6 heteroatoms. The second-order valence-corrected chi connectivity index (χ2v) is 5.77. The van der Waals surface area contributed by atoms with Crippen LogP contribution in [0.15, 0.2) is 24.3 Å². The summed E-state index contributed by atoms with van der Waals surface area (Å²) < 4.78 is 5.80. The maximum atomic E-state index is 11.9. The molecule has 2 saturated heterocycles. The van der Waals surface area contributed by atoms with Gasteiger partial charge in [-0.3, -0.25) is 4.90 Å². The van der Waals surface area contributed by atoms with Gasteiger partial charge < -0.3 is 15.4 Å². The van der Waals surface area contributed by atoms with Gasteiger partial charge in [0.15, 0.2) is 0 Å². The van der Waals surface area contributed by atoms with E-state index in [2.05, 4.69) is 15.5 Å². The molecule has 3 rings (SSSR count). The van der Waals surface area contributed by atoms with Crippen molar-refractivity contribution >= 4 is 11.7 Å². The van der Waals surface area contributed by atoms with E-state index in [0.29, 0.717) is 23.8 Å². The topological polar surface area (TPSA) is 77.4 Å². The fourth-order valence-corrected chi connectivity index (χ4v) is 3.06. The van der Waals surface area contributed by atoms with Crippen LogP contribution in [0.4, 0.5) is 10.5 Å². The molecule has 2 heterocycles. The van der Waals surface area contributed by atoms with Crippen molar-refractivity contribution < 1.29 is 9.53 Å². The molecule has 116 valence electrons. The number of carbonyl (C=O) groups is 1. The highest BCUT2D eigenvalue weighted by Gasteiger charge is 2.32. The largest absolute Gasteiger partial charge is 0.373 e. The minimum absolute atomic E-state index is 0.0468. The van der Waals surface area contributed by atoms with Crippen molar-refractivity contribution in [2.75, 3.05) is 31.6 Å². The molecule has 2 aliphatic heterocycles. The summed E-state index contributed by atoms with van der Waals surface area (Å²) in [6.07, 6.45) is 2.50. The Morgan fingerprint density at radius 2 is 2.41 bits per heavy atom. The number of nitrogens with zero attached hydrogens (tertiary/aromatic N) is 2. The summed E-state index contributed by atoms with van der Waals surface area (Å²) in [5.41, 5.74) is 1.13. The second kappa shape index (κ2) is 6.77. The Kier molecular flexibility index (Phi) is 4.56. The molecule has 2 fully saturated rings. The summed E-state index contributed by atoms with van der Waals surface area (Å²) in [5, 5.41) is 14.4. The molecule has 6 nitrogen and oxygen atoms in total. The van der Waals surface area contributed by atoms with E-state index in [1.54, 1.807) is 24.3 Å². The number of hydrogen-bond acceptors (Lipinski definition) is 4. The zero-order valence-corrected chi connectivity index (χ0v) is 12.4. The van der Waals surface area contributed by atoms with E-state index in [0.717, 1.165) is 19.7 Å². The van der Waals surface area contributed by atoms with Gasteiger partial charge in [0.2, 0.25) is 0 Å². The lowest BCUT2D eigenvalue weighted by Crippen LogP contribution is -2.50. The number of rotatable bonds is 3. The number of morpholine rings is 1. The average Bonchev–Trinajstić information content (AvgIpc) is 3.00. The van der Waals surface area contributed by atoms with Gasteiger partial charge in [0.25, 0.3) is 0 Å². The van der Waals surface area contributed by atoms with E-state index in [4.69, 9.17) is 10.00 Å². The molecule has 0 radical (unpaired) electrons. The number of hydrogen-bond donors (Lipinski definition) is 2. The molecular formula is C16H20N4O2. The van der Waals surface area contributed by atoms with E-state index < -0.39 is 0 Å². The van der Waals surface area contributed by atoms with Crippen LogP contribution in [0.1, 0.15) is 18.4 Å². The summed E-state index contributed by atoms with van der Waals surface area (Å²) >= 11 is 0. The van der Waals surface area contributed by atoms with Crippen molar-refractivity contribution in [2.24, 2.45) is 0 Å². The van der Waals surface area contributed by atoms with Gasteiger partial charge in [-0.1, -0.05) is 6.07 Å². The third kappa shape index (κ3) is 3.56. The van der Waals surface area contributed by atoms with Crippen molar-refractivity contribution in [3.63, 3.8) is 0 Å². The summed E-state index contributed by atoms with van der Waals surface area (Å²) in [4.78, 5) is 14.4. The van der Waals surface area contributed by atoms with Crippen LogP contribution in [-0.2, 0) is 4.74 Å². The Hall–Kier alpha value is -2.10. The van der Waals surface area contributed by atoms with Gasteiger partial charge >= 0.3 is 6.03 Å². The summed E-state index contributed by atoms with van der Waals surface area (Å²) in [6, 6.07) is 9.18. The van der Waals surface area contributed by atoms with Crippen molar-refractivity contribution in [3.8, 4) is 6.07 Å². The van der Waals surface area contributed by atoms with E-state index in [1.165, 1.54) is 12.8 Å². The first kappa shape index (κ1) is 14.8. The number of urea groups is 1. The number of nitrogens with one attached hydrogen (secondary N) is 2. The molecule has 0 aromatic heterocycles. The number of nitriles is 1. The number of carbonyl (C=O) groups excluding carboxylic acids is 1. The molecule has 2 amide bonds. The van der Waals surface area contributed by atoms with Crippen LogP contribution in [0.5, 0.6) is 0 Å². The summed E-state index contributed by atoms with van der Waals surface area (Å²) in [5.74, 6) is 0. The van der Waals surface area contributed by atoms with Gasteiger partial charge in [-0.05, 0) is 37.6 Å². The standard InChI is InChI=1S/C16H20N4O2/c17-8-12-3-1-4-13(7-12)19-16(21)18-9-15-10-20-6-2-5-14(20)11-22-15/h1,3-4,7,14-15H,2,5-6,9-11H2,(H2,18,19,21)/t14-,15+/m1/s1. The molecule has 2 aliphatic rings. The first-order chi connectivity index (χ1) is 10.7. The first-order valence-corrected chi connectivity index (χ1v) is 7.65. The molecule has 2 atom stereocenters. The predicted octanol–water partition coefficient (Wildman–Crippen LogP) is 1.54. The molecule has 1 aromatic carbocycles. The van der Waals surface area contributed by atoms with Gasteiger partial charge in [0.05, 0.1) is 24.3 Å². The number of benzene rings is 1. The Labute approximate surface area is 130 Å². The lowest BCUT2D eigenvalue weighted by molar-refractivity contribution is -0.0456. The molecule has 0 saturated carbocycles. The molecule has 1 aromatic rings. The Balaban J connectivity index is 1.45. The van der Waals surface area contributed by atoms with Gasteiger partial charge in [0, 0.05) is 24.8 Å². The lowest BCUT2D eigenvalue weighted by Gasteiger charge is -2.35. The summed E-state index contributed by atoms with van der Waals surface area (Å²) in [7, 11) is 0. The zero-order chi connectivity index (χ0) is 15.4. The molecule has 0 aliphatic carbocycles. The van der Waals surface area contributed by atoms with Crippen LogP contribution in [0, 0.1) is 11.3 Å². The van der Waals surface area contributed by atoms with Gasteiger partial charge in [-0.15, -0.1) is 0 Å². The Bertz CT molecular complexity index is 584. The molecule has 0 unspecified atom stereocenters. The predicted molar refractivity (Wildman–Crippen MR) is 82.5 cm³/mol. The molecule has 0 bridgehead atoms. The summed E-state index contributed by atoms with van der Waals surface area (Å²) in [6.45, 7) is 3.28. The average molecular weight is 300 g/mol. The normalized spacial score (nSPS) is 24.3. The third-order valence-corrected chi connectivity index (χ3v) is 4.20. The molecule has 0 spiro atoms. The van der Waals surface area contributed by atoms with Crippen LogP contribution in [0.2, 0.25) is 0 Å². The van der Waals surface area contributed by atoms with Crippen molar-refractivity contribution in [3.05, 3.63) is 29.8 Å². The first-order valence-electron chi connectivity index (χ1n) is 7.65. The smallest absolute Gasteiger partial charge is 0.319 e. The van der Waals surface area contributed by atoms with Crippen LogP contribution < -0.4 is 10.6 Å². The molecular weight excluding hydrogens is 280 g/mol. The van der Waals surface area contributed by atoms with E-state index in [1.807, 2.05) is 6.07 Å². The fourth-order valence-electron chi connectivity index (χ4n) is 3.06. The maximum absolute atomic E-state index is 11.9. The molecule has 22 heavy (non-hydrogen) atoms. The second-order valence-electron chi connectivity index (χ2n) is 5.77. The van der Waals surface area contributed by atoms with Crippen molar-refractivity contribution in [1.29, 1.82) is 5.26 Å². The number of anilines is 1. The highest BCUT2D eigenvalue weighted by Crippen LogP contribution is 2.22. The quantitative estimate of drug-likeness (QED) is 0.887. The van der Waals surface area contributed by atoms with E-state index in [9.17, 15) is 4.79 Å². The van der Waals surface area contributed by atoms with Gasteiger partial charge in [0.1, 0.15) is 0 Å². The van der Waals surface area contributed by atoms with Gasteiger partial charge in [-0.2, -0.15) is 5.26 Å². The van der Waals surface area contributed by atoms with Crippen LogP contribution in [0.3, 0.4) is 0 Å². The highest BCUT2D eigenvalue weighted by molar-refractivity contribution is 5.89. The zero-order valence-electron chi connectivity index (χ0n) is 12.4. The number of fused-ring (bicyclic) bond motifs is 1. The minimum atomic E-state index is -0.276. The van der Waals surface area contributed by atoms with Crippen LogP contribution >= 0.6 is 0 Å². The minimum Gasteiger partial charge on any atom is -0.373 e. The highest BCUT2D eigenvalue weighted by atomic mass is 16.5.